The second kappa shape index (κ2) is 6.40. The summed E-state index contributed by atoms with van der Waals surface area (Å²) >= 11 is 1.31. The van der Waals surface area contributed by atoms with Crippen LogP contribution in [-0.2, 0) is 4.79 Å². The van der Waals surface area contributed by atoms with Crippen LogP contribution < -0.4 is 4.74 Å². The number of amides is 1. The van der Waals surface area contributed by atoms with Crippen molar-refractivity contribution in [2.45, 2.75) is 18.6 Å². The number of alkyl halides is 3. The van der Waals surface area contributed by atoms with Crippen LogP contribution in [-0.4, -0.2) is 35.0 Å². The smallest absolute Gasteiger partial charge is 0.473 e. The largest absolute Gasteiger partial charge is 0.504 e. The minimum atomic E-state index is -5.07. The summed E-state index contributed by atoms with van der Waals surface area (Å²) in [7, 11) is 1.33. The molecule has 9 heteroatoms. The molecule has 0 aliphatic carbocycles. The average Bonchev–Trinajstić information content (AvgIpc) is 3.22. The van der Waals surface area contributed by atoms with Gasteiger partial charge in [-0.1, -0.05) is 18.2 Å². The van der Waals surface area contributed by atoms with E-state index in [1.807, 2.05) is 0 Å². The van der Waals surface area contributed by atoms with Crippen molar-refractivity contribution >= 4 is 23.0 Å². The highest BCUT2D eigenvalue weighted by Gasteiger charge is 2.48. The molecule has 0 radical (unpaired) electrons. The third kappa shape index (κ3) is 3.19. The van der Waals surface area contributed by atoms with Crippen molar-refractivity contribution in [2.75, 3.05) is 7.11 Å². The van der Waals surface area contributed by atoms with E-state index in [1.165, 1.54) is 36.6 Å². The van der Waals surface area contributed by atoms with E-state index in [-0.39, 0.29) is 23.5 Å². The van der Waals surface area contributed by atoms with Gasteiger partial charge in [-0.15, -0.1) is 11.3 Å². The lowest BCUT2D eigenvalue weighted by Crippen LogP contribution is -2.38. The van der Waals surface area contributed by atoms with E-state index in [0.717, 1.165) is 0 Å². The van der Waals surface area contributed by atoms with Crippen molar-refractivity contribution < 1.29 is 27.8 Å². The molecule has 5 nitrogen and oxygen atoms in total. The van der Waals surface area contributed by atoms with Crippen molar-refractivity contribution in [2.24, 2.45) is 5.10 Å². The molecule has 0 saturated carbocycles. The molecule has 0 bridgehead atoms. The minimum Gasteiger partial charge on any atom is -0.504 e. The second-order valence-corrected chi connectivity index (χ2v) is 6.24. The number of nitrogens with zero attached hydrogens (tertiary/aromatic N) is 2. The predicted octanol–water partition coefficient (Wildman–Crippen LogP) is 3.70. The fourth-order valence-electron chi connectivity index (χ4n) is 2.63. The minimum absolute atomic E-state index is 0.0586. The molecular formula is C16H13F3N2O3S. The first kappa shape index (κ1) is 17.3. The van der Waals surface area contributed by atoms with E-state index in [2.05, 4.69) is 5.10 Å². The number of methoxy groups -OCH3 is 1. The fraction of sp³-hybridized carbons (Fsp3) is 0.250. The van der Waals surface area contributed by atoms with Gasteiger partial charge in [-0.25, -0.2) is 5.01 Å². The van der Waals surface area contributed by atoms with Gasteiger partial charge in [0.05, 0.1) is 23.7 Å². The Labute approximate surface area is 145 Å². The fourth-order valence-corrected chi connectivity index (χ4v) is 3.36. The average molecular weight is 370 g/mol. The molecule has 1 aromatic carbocycles. The molecule has 0 saturated heterocycles. The highest BCUT2D eigenvalue weighted by Crippen LogP contribution is 2.42. The number of hydrogen-bond acceptors (Lipinski definition) is 5. The maximum Gasteiger partial charge on any atom is 0.473 e. The van der Waals surface area contributed by atoms with Gasteiger partial charge in [-0.3, -0.25) is 4.79 Å². The molecule has 0 unspecified atom stereocenters. The van der Waals surface area contributed by atoms with E-state index < -0.39 is 18.1 Å². The zero-order chi connectivity index (χ0) is 18.2. The highest BCUT2D eigenvalue weighted by molar-refractivity contribution is 7.12. The molecule has 2 heterocycles. The summed E-state index contributed by atoms with van der Waals surface area (Å²) in [6.07, 6.45) is -5.01. The number of carbonyl (C=O) groups is 1. The summed E-state index contributed by atoms with van der Waals surface area (Å²) in [4.78, 5) is 12.5. The number of para-hydroxylation sites is 1. The Balaban J connectivity index is 2.04. The highest BCUT2D eigenvalue weighted by atomic mass is 32.1. The zero-order valence-electron chi connectivity index (χ0n) is 12.9. The molecule has 0 fully saturated rings. The number of phenols is 1. The number of carbonyl (C=O) groups excluding carboxylic acids is 1. The van der Waals surface area contributed by atoms with Gasteiger partial charge in [-0.05, 0) is 17.5 Å². The van der Waals surface area contributed by atoms with Crippen molar-refractivity contribution in [1.82, 2.24) is 5.01 Å². The maximum absolute atomic E-state index is 13.0. The Hall–Kier alpha value is -2.55. The topological polar surface area (TPSA) is 62.1 Å². The Morgan fingerprint density at radius 1 is 1.36 bits per heavy atom. The van der Waals surface area contributed by atoms with E-state index in [4.69, 9.17) is 4.74 Å². The number of rotatable bonds is 3. The first-order valence-corrected chi connectivity index (χ1v) is 8.08. The van der Waals surface area contributed by atoms with Gasteiger partial charge in [-0.2, -0.15) is 18.3 Å². The number of hydrazone groups is 1. The van der Waals surface area contributed by atoms with Gasteiger partial charge in [0.1, 0.15) is 0 Å². The molecule has 1 amide bonds. The normalized spacial score (nSPS) is 17.5. The Morgan fingerprint density at radius 3 is 2.72 bits per heavy atom. The Kier molecular flexibility index (Phi) is 4.42. The lowest BCUT2D eigenvalue weighted by molar-refractivity contribution is -0.187. The van der Waals surface area contributed by atoms with E-state index in [9.17, 15) is 23.1 Å². The first-order chi connectivity index (χ1) is 11.8. The van der Waals surface area contributed by atoms with Crippen LogP contribution in [0.1, 0.15) is 22.9 Å². The van der Waals surface area contributed by atoms with Crippen LogP contribution in [0.4, 0.5) is 13.2 Å². The molecule has 0 spiro atoms. The number of phenolic OH excluding ortho intramolecular Hbond substituents is 1. The summed E-state index contributed by atoms with van der Waals surface area (Å²) in [6.45, 7) is 0. The van der Waals surface area contributed by atoms with E-state index in [0.29, 0.717) is 15.6 Å². The summed E-state index contributed by atoms with van der Waals surface area (Å²) in [5, 5.41) is 16.3. The lowest BCUT2D eigenvalue weighted by atomic mass is 9.99. The Bertz CT molecular complexity index is 819. The Morgan fingerprint density at radius 2 is 2.12 bits per heavy atom. The van der Waals surface area contributed by atoms with Crippen molar-refractivity contribution in [3.63, 3.8) is 0 Å². The standard InChI is InChI=1S/C16H13F3N2O3S/c1-24-12-5-2-4-9(14(12)22)11-8-10(13-6-3-7-25-13)20-21(11)15(23)16(17,18)19/h2-7,11,22H,8H2,1H3/t11-/m0/s1. The molecule has 1 N–H and O–H groups in total. The molecule has 25 heavy (non-hydrogen) atoms. The molecule has 1 aliphatic rings. The van der Waals surface area contributed by atoms with Crippen molar-refractivity contribution in [3.05, 3.63) is 46.2 Å². The second-order valence-electron chi connectivity index (χ2n) is 5.29. The van der Waals surface area contributed by atoms with Gasteiger partial charge in [0.15, 0.2) is 11.5 Å². The van der Waals surface area contributed by atoms with Crippen LogP contribution in [0.25, 0.3) is 0 Å². The van der Waals surface area contributed by atoms with E-state index >= 15 is 0 Å². The summed E-state index contributed by atoms with van der Waals surface area (Å²) in [6, 6.07) is 6.85. The van der Waals surface area contributed by atoms with Crippen LogP contribution in [0.15, 0.2) is 40.8 Å². The molecule has 2 aromatic rings. The van der Waals surface area contributed by atoms with Gasteiger partial charge in [0.25, 0.3) is 0 Å². The van der Waals surface area contributed by atoms with Gasteiger partial charge in [0, 0.05) is 12.0 Å². The molecule has 1 atom stereocenters. The lowest BCUT2D eigenvalue weighted by Gasteiger charge is -2.24. The van der Waals surface area contributed by atoms with Crippen LogP contribution in [0.3, 0.4) is 0 Å². The summed E-state index contributed by atoms with van der Waals surface area (Å²) in [5.41, 5.74) is 0.507. The number of thiophene rings is 1. The molecule has 132 valence electrons. The molecule has 1 aliphatic heterocycles. The first-order valence-electron chi connectivity index (χ1n) is 7.20. The van der Waals surface area contributed by atoms with Crippen LogP contribution in [0.2, 0.25) is 0 Å². The molecular weight excluding hydrogens is 357 g/mol. The third-order valence-electron chi connectivity index (χ3n) is 3.78. The maximum atomic E-state index is 13.0. The van der Waals surface area contributed by atoms with Crippen LogP contribution in [0, 0.1) is 0 Å². The van der Waals surface area contributed by atoms with Gasteiger partial charge >= 0.3 is 12.1 Å². The SMILES string of the molecule is COc1cccc([C@@H]2CC(c3cccs3)=NN2C(=O)C(F)(F)F)c1O. The number of ether oxygens (including phenoxy) is 1. The quantitative estimate of drug-likeness (QED) is 0.896. The van der Waals surface area contributed by atoms with Crippen molar-refractivity contribution in [3.8, 4) is 11.5 Å². The zero-order valence-corrected chi connectivity index (χ0v) is 13.8. The number of hydrogen-bond donors (Lipinski definition) is 1. The summed E-state index contributed by atoms with van der Waals surface area (Å²) in [5.74, 6) is -2.27. The van der Waals surface area contributed by atoms with Crippen LogP contribution in [0.5, 0.6) is 11.5 Å². The van der Waals surface area contributed by atoms with Gasteiger partial charge < -0.3 is 9.84 Å². The summed E-state index contributed by atoms with van der Waals surface area (Å²) < 4.78 is 43.9. The van der Waals surface area contributed by atoms with Crippen molar-refractivity contribution in [1.29, 1.82) is 0 Å². The monoisotopic (exact) mass is 370 g/mol. The van der Waals surface area contributed by atoms with E-state index in [1.54, 1.807) is 17.5 Å². The molecule has 3 rings (SSSR count). The number of halogens is 3. The predicted molar refractivity (Wildman–Crippen MR) is 85.8 cm³/mol. The number of benzene rings is 1. The third-order valence-corrected chi connectivity index (χ3v) is 4.69. The molecule has 1 aromatic heterocycles. The van der Waals surface area contributed by atoms with Gasteiger partial charge in [0.2, 0.25) is 0 Å². The van der Waals surface area contributed by atoms with Crippen LogP contribution >= 0.6 is 11.3 Å². The number of aromatic hydroxyl groups is 1.